The number of nitrogens with one attached hydrogen (secondary N) is 1. The number of rotatable bonds is 6. The van der Waals surface area contributed by atoms with Crippen molar-refractivity contribution in [3.05, 3.63) is 76.2 Å². The Kier molecular flexibility index (Phi) is 5.87. The van der Waals surface area contributed by atoms with Crippen molar-refractivity contribution in [3.8, 4) is 22.9 Å². The van der Waals surface area contributed by atoms with Crippen molar-refractivity contribution in [2.24, 2.45) is 0 Å². The number of nitrogens with zero attached hydrogens (tertiary/aromatic N) is 1. The number of phenolic OH excluding ortho intramolecular Hbond substituents is 1. The lowest BCUT2D eigenvalue weighted by atomic mass is 10.0. The fourth-order valence-corrected chi connectivity index (χ4v) is 2.93. The van der Waals surface area contributed by atoms with Gasteiger partial charge < -0.3 is 19.9 Å². The van der Waals surface area contributed by atoms with E-state index in [0.717, 1.165) is 0 Å². The van der Waals surface area contributed by atoms with E-state index in [4.69, 9.17) is 9.47 Å². The molecule has 0 radical (unpaired) electrons. The zero-order valence-corrected chi connectivity index (χ0v) is 16.6. The summed E-state index contributed by atoms with van der Waals surface area (Å²) in [6.45, 7) is 1.32. The fourth-order valence-electron chi connectivity index (χ4n) is 2.93. The number of ether oxygens (including phenoxy) is 2. The van der Waals surface area contributed by atoms with Gasteiger partial charge in [-0.15, -0.1) is 0 Å². The molecular formula is C22H20N2O6. The van der Waals surface area contributed by atoms with Crippen molar-refractivity contribution in [2.45, 2.75) is 6.92 Å². The summed E-state index contributed by atoms with van der Waals surface area (Å²) in [7, 11) is 2.92. The number of phenols is 1. The minimum atomic E-state index is -0.524. The molecular weight excluding hydrogens is 388 g/mol. The smallest absolute Gasteiger partial charge is 0.255 e. The summed E-state index contributed by atoms with van der Waals surface area (Å²) < 4.78 is 11.6. The minimum absolute atomic E-state index is 0.0421. The Balaban J connectivity index is 2.05. The molecule has 2 aromatic carbocycles. The van der Waals surface area contributed by atoms with Gasteiger partial charge in [0.2, 0.25) is 5.91 Å². The maximum Gasteiger partial charge on any atom is 0.255 e. The molecule has 0 bridgehead atoms. The Labute approximate surface area is 172 Å². The molecule has 3 aromatic rings. The van der Waals surface area contributed by atoms with Crippen LogP contribution in [-0.2, 0) is 4.79 Å². The molecule has 0 spiro atoms. The number of carbonyl (C=O) groups is 2. The largest absolute Gasteiger partial charge is 0.507 e. The Morgan fingerprint density at radius 2 is 1.70 bits per heavy atom. The first-order valence-electron chi connectivity index (χ1n) is 8.94. The molecule has 0 saturated carbocycles. The molecule has 0 aliphatic carbocycles. The van der Waals surface area contributed by atoms with Crippen molar-refractivity contribution in [2.75, 3.05) is 19.5 Å². The van der Waals surface area contributed by atoms with Crippen molar-refractivity contribution in [3.63, 3.8) is 0 Å². The monoisotopic (exact) mass is 408 g/mol. The van der Waals surface area contributed by atoms with Gasteiger partial charge in [0.05, 0.1) is 25.5 Å². The first kappa shape index (κ1) is 20.7. The van der Waals surface area contributed by atoms with E-state index in [1.54, 1.807) is 24.3 Å². The molecule has 3 rings (SSSR count). The van der Waals surface area contributed by atoms with Gasteiger partial charge in [0.15, 0.2) is 5.78 Å². The highest BCUT2D eigenvalue weighted by atomic mass is 16.5. The molecule has 0 aliphatic rings. The fraction of sp³-hybridized carbons (Fsp3) is 0.136. The highest BCUT2D eigenvalue weighted by Crippen LogP contribution is 2.33. The lowest BCUT2D eigenvalue weighted by molar-refractivity contribution is -0.114. The highest BCUT2D eigenvalue weighted by molar-refractivity contribution is 6.11. The van der Waals surface area contributed by atoms with Crippen LogP contribution in [0, 0.1) is 0 Å². The van der Waals surface area contributed by atoms with Crippen LogP contribution >= 0.6 is 0 Å². The highest BCUT2D eigenvalue weighted by Gasteiger charge is 2.19. The van der Waals surface area contributed by atoms with E-state index in [1.807, 2.05) is 0 Å². The molecule has 2 N–H and O–H groups in total. The predicted octanol–water partition coefficient (Wildman–Crippen LogP) is 2.75. The Morgan fingerprint density at radius 1 is 1.00 bits per heavy atom. The van der Waals surface area contributed by atoms with Gasteiger partial charge >= 0.3 is 0 Å². The summed E-state index contributed by atoms with van der Waals surface area (Å²) in [6.07, 6.45) is 1.40. The quantitative estimate of drug-likeness (QED) is 0.480. The number of pyridine rings is 1. The van der Waals surface area contributed by atoms with E-state index >= 15 is 0 Å². The molecule has 0 saturated heterocycles. The van der Waals surface area contributed by atoms with Crippen LogP contribution in [0.25, 0.3) is 5.69 Å². The van der Waals surface area contributed by atoms with E-state index in [0.29, 0.717) is 11.4 Å². The van der Waals surface area contributed by atoms with E-state index in [2.05, 4.69) is 5.32 Å². The van der Waals surface area contributed by atoms with Crippen molar-refractivity contribution >= 4 is 17.4 Å². The minimum Gasteiger partial charge on any atom is -0.507 e. The number of hydrogen-bond acceptors (Lipinski definition) is 6. The molecule has 0 atom stereocenters. The summed E-state index contributed by atoms with van der Waals surface area (Å²) in [5.41, 5.74) is 0.608. The maximum absolute atomic E-state index is 13.1. The number of benzene rings is 2. The second-order valence-corrected chi connectivity index (χ2v) is 6.40. The Bertz CT molecular complexity index is 1170. The molecule has 1 amide bonds. The number of ketones is 1. The number of amides is 1. The zero-order chi connectivity index (χ0) is 21.8. The molecule has 1 aromatic heterocycles. The van der Waals surface area contributed by atoms with Gasteiger partial charge in [-0.05, 0) is 36.4 Å². The van der Waals surface area contributed by atoms with Crippen LogP contribution in [0.3, 0.4) is 0 Å². The number of aromatic hydroxyl groups is 1. The van der Waals surface area contributed by atoms with Crippen LogP contribution < -0.4 is 20.3 Å². The third-order valence-electron chi connectivity index (χ3n) is 4.40. The first-order valence-corrected chi connectivity index (χ1v) is 8.94. The molecule has 30 heavy (non-hydrogen) atoms. The van der Waals surface area contributed by atoms with Crippen LogP contribution in [0.2, 0.25) is 0 Å². The Hall–Kier alpha value is -4.07. The van der Waals surface area contributed by atoms with Crippen LogP contribution in [0.5, 0.6) is 17.2 Å². The van der Waals surface area contributed by atoms with Crippen molar-refractivity contribution in [1.82, 2.24) is 4.57 Å². The van der Waals surface area contributed by atoms with Crippen LogP contribution in [0.15, 0.2) is 59.5 Å². The van der Waals surface area contributed by atoms with Gasteiger partial charge in [-0.1, -0.05) is 0 Å². The third kappa shape index (κ3) is 4.17. The van der Waals surface area contributed by atoms with Crippen molar-refractivity contribution < 1.29 is 24.2 Å². The molecule has 1 heterocycles. The molecule has 8 nitrogen and oxygen atoms in total. The van der Waals surface area contributed by atoms with Crippen LogP contribution in [0.1, 0.15) is 22.8 Å². The van der Waals surface area contributed by atoms with E-state index < -0.39 is 5.78 Å². The second-order valence-electron chi connectivity index (χ2n) is 6.40. The lowest BCUT2D eigenvalue weighted by Gasteiger charge is -2.13. The van der Waals surface area contributed by atoms with Crippen LogP contribution in [0.4, 0.5) is 5.69 Å². The van der Waals surface area contributed by atoms with Gasteiger partial charge in [0.1, 0.15) is 17.2 Å². The van der Waals surface area contributed by atoms with Crippen molar-refractivity contribution in [1.29, 1.82) is 0 Å². The molecule has 0 fully saturated rings. The first-order chi connectivity index (χ1) is 14.3. The van der Waals surface area contributed by atoms with Crippen LogP contribution in [-0.4, -0.2) is 35.6 Å². The molecule has 8 heteroatoms. The maximum atomic E-state index is 13.1. The number of aromatic nitrogens is 1. The summed E-state index contributed by atoms with van der Waals surface area (Å²) in [5, 5.41) is 12.9. The van der Waals surface area contributed by atoms with Gasteiger partial charge in [-0.2, -0.15) is 0 Å². The average Bonchev–Trinajstić information content (AvgIpc) is 2.74. The third-order valence-corrected chi connectivity index (χ3v) is 4.40. The second kappa shape index (κ2) is 8.52. The van der Waals surface area contributed by atoms with Gasteiger partial charge in [-0.3, -0.25) is 19.0 Å². The van der Waals surface area contributed by atoms with Gasteiger partial charge in [0, 0.05) is 36.5 Å². The molecule has 154 valence electrons. The molecule has 0 unspecified atom stereocenters. The zero-order valence-electron chi connectivity index (χ0n) is 16.6. The molecule has 0 aliphatic heterocycles. The number of methoxy groups -OCH3 is 2. The normalized spacial score (nSPS) is 10.4. The topological polar surface area (TPSA) is 107 Å². The SMILES string of the molecule is COc1ccc(-n2cc(C(=O)c3cc(NC(C)=O)c(OC)cc3O)ccc2=O)cc1. The van der Waals surface area contributed by atoms with Gasteiger partial charge in [0.25, 0.3) is 5.56 Å². The average molecular weight is 408 g/mol. The summed E-state index contributed by atoms with van der Waals surface area (Å²) in [6, 6.07) is 12.0. The summed E-state index contributed by atoms with van der Waals surface area (Å²) in [5.74, 6) is -0.349. The summed E-state index contributed by atoms with van der Waals surface area (Å²) in [4.78, 5) is 36.8. The van der Waals surface area contributed by atoms with E-state index in [1.165, 1.54) is 56.2 Å². The number of hydrogen-bond donors (Lipinski definition) is 2. The van der Waals surface area contributed by atoms with E-state index in [9.17, 15) is 19.5 Å². The van der Waals surface area contributed by atoms with Gasteiger partial charge in [-0.25, -0.2) is 0 Å². The Morgan fingerprint density at radius 3 is 2.30 bits per heavy atom. The summed E-state index contributed by atoms with van der Waals surface area (Å²) >= 11 is 0. The number of carbonyl (C=O) groups excluding carboxylic acids is 2. The van der Waals surface area contributed by atoms with E-state index in [-0.39, 0.29) is 39.8 Å². The lowest BCUT2D eigenvalue weighted by Crippen LogP contribution is -2.18. The predicted molar refractivity (Wildman–Crippen MR) is 111 cm³/mol. The standard InChI is InChI=1S/C22H20N2O6/c1-13(25)23-18-10-17(19(26)11-20(18)30-3)22(28)14-4-9-21(27)24(12-14)15-5-7-16(29-2)8-6-15/h4-12,26H,1-3H3,(H,23,25). The number of anilines is 1.